The van der Waals surface area contributed by atoms with Crippen molar-refractivity contribution in [1.29, 1.82) is 0 Å². The molecular formula is C52H44N4O10. The van der Waals surface area contributed by atoms with E-state index in [1.54, 1.807) is 109 Å². The molecule has 6 aromatic rings. The highest BCUT2D eigenvalue weighted by molar-refractivity contribution is 6.34. The summed E-state index contributed by atoms with van der Waals surface area (Å²) in [5.41, 5.74) is 2.53. The fourth-order valence-electron chi connectivity index (χ4n) is 8.66. The Balaban J connectivity index is 1.15. The standard InChI is InChI=1S/C52H44N4O10/c1-65-51(63)39(27-31-15-7-3-8-16-31)53-45(57)41(29-33-19-11-5-12-20-33)55-47(59)35-23-25-37-44-38(26-24-36(43(35)44)48(55)60)50(62)56(49(37)61)42(30-34-21-13-6-14-22-34)46(58)54-40(52(64)66-2)28-32-17-9-4-10-18-32/h3-26,39-42H,27-30H2,1-2H3,(H,53,57)(H,54,58)/t39-,40-,41-,42-/m0/s1. The molecule has 8 rings (SSSR count). The van der Waals surface area contributed by atoms with E-state index in [1.807, 2.05) is 12.1 Å². The van der Waals surface area contributed by atoms with Crippen LogP contribution in [0.25, 0.3) is 10.8 Å². The highest BCUT2D eigenvalue weighted by Crippen LogP contribution is 2.39. The third-order valence-corrected chi connectivity index (χ3v) is 11.9. The number of nitrogens with one attached hydrogen (secondary N) is 2. The van der Waals surface area contributed by atoms with Gasteiger partial charge in [-0.05, 0) is 46.5 Å². The summed E-state index contributed by atoms with van der Waals surface area (Å²) < 4.78 is 10.1. The molecule has 0 fully saturated rings. The van der Waals surface area contributed by atoms with Crippen molar-refractivity contribution in [1.82, 2.24) is 20.4 Å². The van der Waals surface area contributed by atoms with Crippen LogP contribution in [0, 0.1) is 0 Å². The number of esters is 2. The molecule has 4 atom stereocenters. The van der Waals surface area contributed by atoms with Gasteiger partial charge in [0.2, 0.25) is 11.8 Å². The van der Waals surface area contributed by atoms with Crippen LogP contribution in [-0.2, 0) is 54.3 Å². The second-order valence-corrected chi connectivity index (χ2v) is 16.0. The molecule has 0 aromatic heterocycles. The summed E-state index contributed by atoms with van der Waals surface area (Å²) in [5, 5.41) is 5.56. The fourth-order valence-corrected chi connectivity index (χ4v) is 8.66. The topological polar surface area (TPSA) is 186 Å². The Morgan fingerprint density at radius 2 is 0.667 bits per heavy atom. The lowest BCUT2D eigenvalue weighted by molar-refractivity contribution is -0.145. The smallest absolute Gasteiger partial charge is 0.328 e. The molecule has 14 heteroatoms. The molecule has 2 N–H and O–H groups in total. The molecule has 0 aliphatic carbocycles. The summed E-state index contributed by atoms with van der Waals surface area (Å²) in [4.78, 5) is 116. The quantitative estimate of drug-likeness (QED) is 0.0985. The molecule has 14 nitrogen and oxygen atoms in total. The maximum atomic E-state index is 14.7. The first kappa shape index (κ1) is 44.4. The van der Waals surface area contributed by atoms with Gasteiger partial charge >= 0.3 is 11.9 Å². The number of carbonyl (C=O) groups is 8. The van der Waals surface area contributed by atoms with Crippen molar-refractivity contribution in [2.45, 2.75) is 49.9 Å². The number of nitrogens with zero attached hydrogens (tertiary/aromatic N) is 2. The Morgan fingerprint density at radius 3 is 0.924 bits per heavy atom. The van der Waals surface area contributed by atoms with Crippen LogP contribution in [-0.4, -0.2) is 95.6 Å². The van der Waals surface area contributed by atoms with Crippen molar-refractivity contribution in [3.63, 3.8) is 0 Å². The minimum atomic E-state index is -1.46. The number of imide groups is 2. The van der Waals surface area contributed by atoms with Crippen molar-refractivity contribution < 1.29 is 47.8 Å². The Hall–Kier alpha value is -8.26. The van der Waals surface area contributed by atoms with Gasteiger partial charge in [-0.15, -0.1) is 0 Å². The third-order valence-electron chi connectivity index (χ3n) is 11.9. The number of methoxy groups -OCH3 is 2. The number of benzene rings is 6. The van der Waals surface area contributed by atoms with E-state index in [1.165, 1.54) is 38.5 Å². The molecule has 2 aliphatic rings. The van der Waals surface area contributed by atoms with Gasteiger partial charge in [-0.25, -0.2) is 9.59 Å². The second-order valence-electron chi connectivity index (χ2n) is 16.0. The molecule has 332 valence electrons. The van der Waals surface area contributed by atoms with Crippen LogP contribution < -0.4 is 10.6 Å². The van der Waals surface area contributed by atoms with E-state index in [4.69, 9.17) is 9.47 Å². The van der Waals surface area contributed by atoms with E-state index in [0.29, 0.717) is 11.1 Å². The van der Waals surface area contributed by atoms with Crippen molar-refractivity contribution in [2.24, 2.45) is 0 Å². The second kappa shape index (κ2) is 19.2. The molecule has 0 unspecified atom stereocenters. The minimum Gasteiger partial charge on any atom is -0.467 e. The van der Waals surface area contributed by atoms with Crippen LogP contribution in [0.15, 0.2) is 146 Å². The van der Waals surface area contributed by atoms with E-state index >= 15 is 0 Å². The summed E-state index contributed by atoms with van der Waals surface area (Å²) in [6, 6.07) is 35.7. The van der Waals surface area contributed by atoms with Gasteiger partial charge in [0, 0.05) is 58.7 Å². The van der Waals surface area contributed by atoms with Gasteiger partial charge in [-0.3, -0.25) is 38.6 Å². The molecule has 2 aliphatic heterocycles. The van der Waals surface area contributed by atoms with E-state index in [2.05, 4.69) is 10.6 Å². The summed E-state index contributed by atoms with van der Waals surface area (Å²) in [5.74, 6) is -6.47. The molecule has 0 saturated carbocycles. The minimum absolute atomic E-state index is 0.0423. The lowest BCUT2D eigenvalue weighted by atomic mass is 9.84. The average molecular weight is 885 g/mol. The average Bonchev–Trinajstić information content (AvgIpc) is 3.34. The molecule has 2 heterocycles. The van der Waals surface area contributed by atoms with Crippen molar-refractivity contribution in [3.05, 3.63) is 190 Å². The Kier molecular flexibility index (Phi) is 12.9. The first-order valence-electron chi connectivity index (χ1n) is 21.3. The maximum Gasteiger partial charge on any atom is 0.328 e. The molecule has 0 radical (unpaired) electrons. The SMILES string of the molecule is COC(=O)[C@H](Cc1ccccc1)NC(=O)[C@H](Cc1ccccc1)N1C(=O)c2ccc3c4c(ccc(c24)C1=O)C(=O)N([C@@H](Cc1ccccc1)C(=O)N[C@@H](Cc1ccccc1)C(=O)OC)C3=O. The van der Waals surface area contributed by atoms with Gasteiger partial charge in [0.15, 0.2) is 0 Å². The zero-order valence-electron chi connectivity index (χ0n) is 36.0. The van der Waals surface area contributed by atoms with Gasteiger partial charge in [0.25, 0.3) is 23.6 Å². The van der Waals surface area contributed by atoms with E-state index in [0.717, 1.165) is 20.9 Å². The van der Waals surface area contributed by atoms with Crippen LogP contribution in [0.4, 0.5) is 0 Å². The maximum absolute atomic E-state index is 14.7. The Labute approximate surface area is 379 Å². The number of amides is 6. The van der Waals surface area contributed by atoms with Gasteiger partial charge in [0.05, 0.1) is 14.2 Å². The molecule has 6 amide bonds. The molecule has 0 saturated heterocycles. The molecule has 0 spiro atoms. The first-order valence-corrected chi connectivity index (χ1v) is 21.3. The van der Waals surface area contributed by atoms with Crippen LogP contribution >= 0.6 is 0 Å². The van der Waals surface area contributed by atoms with Crippen molar-refractivity contribution in [2.75, 3.05) is 14.2 Å². The summed E-state index contributed by atoms with van der Waals surface area (Å²) in [6.45, 7) is 0. The molecule has 66 heavy (non-hydrogen) atoms. The van der Waals surface area contributed by atoms with Gasteiger partial charge in [-0.2, -0.15) is 0 Å². The van der Waals surface area contributed by atoms with Crippen LogP contribution in [0.1, 0.15) is 63.7 Å². The molecule has 0 bridgehead atoms. The highest BCUT2D eigenvalue weighted by Gasteiger charge is 2.46. The van der Waals surface area contributed by atoms with E-state index in [9.17, 15) is 38.4 Å². The Morgan fingerprint density at radius 1 is 0.409 bits per heavy atom. The largest absolute Gasteiger partial charge is 0.467 e. The molecular weight excluding hydrogens is 841 g/mol. The zero-order chi connectivity index (χ0) is 46.5. The van der Waals surface area contributed by atoms with Crippen molar-refractivity contribution >= 4 is 58.2 Å². The number of hydrogen-bond acceptors (Lipinski definition) is 10. The van der Waals surface area contributed by atoms with Gasteiger partial charge in [0.1, 0.15) is 24.2 Å². The number of rotatable bonds is 16. The van der Waals surface area contributed by atoms with Crippen molar-refractivity contribution in [3.8, 4) is 0 Å². The zero-order valence-corrected chi connectivity index (χ0v) is 36.0. The lowest BCUT2D eigenvalue weighted by Crippen LogP contribution is -2.58. The Bertz CT molecular complexity index is 2610. The highest BCUT2D eigenvalue weighted by atomic mass is 16.5. The van der Waals surface area contributed by atoms with E-state index in [-0.39, 0.29) is 58.7 Å². The normalized spacial score (nSPS) is 14.8. The summed E-state index contributed by atoms with van der Waals surface area (Å²) in [7, 11) is 2.39. The fraction of sp³-hybridized carbons (Fsp3) is 0.192. The van der Waals surface area contributed by atoms with Crippen LogP contribution in [0.3, 0.4) is 0 Å². The van der Waals surface area contributed by atoms with Crippen LogP contribution in [0.2, 0.25) is 0 Å². The van der Waals surface area contributed by atoms with Crippen LogP contribution in [0.5, 0.6) is 0 Å². The first-order chi connectivity index (χ1) is 32.0. The number of ether oxygens (including phenoxy) is 2. The lowest BCUT2D eigenvalue weighted by Gasteiger charge is -2.37. The van der Waals surface area contributed by atoms with Gasteiger partial charge < -0.3 is 20.1 Å². The predicted molar refractivity (Wildman–Crippen MR) is 241 cm³/mol. The van der Waals surface area contributed by atoms with E-state index < -0.39 is 71.5 Å². The summed E-state index contributed by atoms with van der Waals surface area (Å²) >= 11 is 0. The predicted octanol–water partition coefficient (Wildman–Crippen LogP) is 5.06. The number of hydrogen-bond donors (Lipinski definition) is 2. The summed E-state index contributed by atoms with van der Waals surface area (Å²) in [6.07, 6.45) is -0.0905. The molecule has 6 aromatic carbocycles. The monoisotopic (exact) mass is 884 g/mol. The third kappa shape index (κ3) is 8.80. The number of carbonyl (C=O) groups excluding carboxylic acids is 8. The van der Waals surface area contributed by atoms with Gasteiger partial charge in [-0.1, -0.05) is 121 Å².